The highest BCUT2D eigenvalue weighted by Gasteiger charge is 2.29. The van der Waals surface area contributed by atoms with Crippen LogP contribution in [-0.4, -0.2) is 46.5 Å². The fourth-order valence-electron chi connectivity index (χ4n) is 2.30. The highest BCUT2D eigenvalue weighted by molar-refractivity contribution is 5.80. The van der Waals surface area contributed by atoms with Gasteiger partial charge in [-0.05, 0) is 31.2 Å². The number of aliphatic carboxylic acids is 1. The molecule has 1 aliphatic rings. The Hall–Kier alpha value is -2.04. The Labute approximate surface area is 125 Å². The number of hydrogen-bond acceptors (Lipinski definition) is 2. The van der Waals surface area contributed by atoms with E-state index in [4.69, 9.17) is 5.11 Å². The number of benzene rings is 1. The van der Waals surface area contributed by atoms with Crippen LogP contribution in [0.4, 0.5) is 4.79 Å². The molecule has 1 saturated carbocycles. The first-order valence-electron chi connectivity index (χ1n) is 7.39. The van der Waals surface area contributed by atoms with Gasteiger partial charge in [0, 0.05) is 19.6 Å². The number of urea groups is 1. The second kappa shape index (κ2) is 7.11. The van der Waals surface area contributed by atoms with Gasteiger partial charge in [0.05, 0.1) is 0 Å². The summed E-state index contributed by atoms with van der Waals surface area (Å²) in [5.41, 5.74) is 1.05. The van der Waals surface area contributed by atoms with Gasteiger partial charge in [0.1, 0.15) is 6.54 Å². The number of nitrogens with zero attached hydrogens (tertiary/aromatic N) is 2. The molecule has 114 valence electrons. The molecule has 0 saturated heterocycles. The Morgan fingerprint density at radius 2 is 1.86 bits per heavy atom. The van der Waals surface area contributed by atoms with E-state index in [1.807, 2.05) is 37.3 Å². The molecular formula is C16H22N2O3. The summed E-state index contributed by atoms with van der Waals surface area (Å²) in [4.78, 5) is 26.7. The zero-order valence-corrected chi connectivity index (χ0v) is 12.4. The zero-order chi connectivity index (χ0) is 15.2. The summed E-state index contributed by atoms with van der Waals surface area (Å²) in [6, 6.07) is 9.57. The highest BCUT2D eigenvalue weighted by Crippen LogP contribution is 2.30. The minimum Gasteiger partial charge on any atom is -0.480 e. The first kappa shape index (κ1) is 15.4. The van der Waals surface area contributed by atoms with E-state index in [1.165, 1.54) is 4.90 Å². The van der Waals surface area contributed by atoms with Gasteiger partial charge >= 0.3 is 12.0 Å². The molecule has 21 heavy (non-hydrogen) atoms. The smallest absolute Gasteiger partial charge is 0.323 e. The average Bonchev–Trinajstić information content (AvgIpc) is 3.28. The Kier molecular flexibility index (Phi) is 5.20. The fourth-order valence-corrected chi connectivity index (χ4v) is 2.30. The van der Waals surface area contributed by atoms with E-state index in [1.54, 1.807) is 4.90 Å². The van der Waals surface area contributed by atoms with Crippen molar-refractivity contribution in [1.29, 1.82) is 0 Å². The topological polar surface area (TPSA) is 60.9 Å². The van der Waals surface area contributed by atoms with Crippen molar-refractivity contribution in [2.45, 2.75) is 26.3 Å². The molecule has 0 heterocycles. The predicted molar refractivity (Wildman–Crippen MR) is 79.9 cm³/mol. The third kappa shape index (κ3) is 4.77. The highest BCUT2D eigenvalue weighted by atomic mass is 16.4. The molecule has 0 spiro atoms. The van der Waals surface area contributed by atoms with Crippen molar-refractivity contribution in [3.05, 3.63) is 35.9 Å². The molecule has 0 atom stereocenters. The van der Waals surface area contributed by atoms with E-state index in [0.29, 0.717) is 25.6 Å². The van der Waals surface area contributed by atoms with Crippen molar-refractivity contribution >= 4 is 12.0 Å². The van der Waals surface area contributed by atoms with Crippen molar-refractivity contribution in [1.82, 2.24) is 9.80 Å². The SMILES string of the molecule is CCN(Cc1ccccc1)C(=O)N(CC(=O)O)CC1CC1. The summed E-state index contributed by atoms with van der Waals surface area (Å²) in [5, 5.41) is 9.00. The van der Waals surface area contributed by atoms with Gasteiger partial charge < -0.3 is 14.9 Å². The van der Waals surface area contributed by atoms with Gasteiger partial charge in [-0.15, -0.1) is 0 Å². The van der Waals surface area contributed by atoms with E-state index in [9.17, 15) is 9.59 Å². The molecule has 1 aromatic carbocycles. The monoisotopic (exact) mass is 290 g/mol. The number of carboxylic acid groups (broad SMARTS) is 1. The minimum atomic E-state index is -0.959. The molecule has 0 radical (unpaired) electrons. The van der Waals surface area contributed by atoms with Crippen LogP contribution in [-0.2, 0) is 11.3 Å². The summed E-state index contributed by atoms with van der Waals surface area (Å²) < 4.78 is 0. The Bertz CT molecular complexity index is 486. The number of hydrogen-bond donors (Lipinski definition) is 1. The first-order valence-corrected chi connectivity index (χ1v) is 7.39. The van der Waals surface area contributed by atoms with Gasteiger partial charge in [-0.3, -0.25) is 4.79 Å². The summed E-state index contributed by atoms with van der Waals surface area (Å²) in [7, 11) is 0. The molecule has 1 aliphatic carbocycles. The molecular weight excluding hydrogens is 268 g/mol. The Morgan fingerprint density at radius 3 is 2.38 bits per heavy atom. The quantitative estimate of drug-likeness (QED) is 0.839. The number of carbonyl (C=O) groups is 2. The lowest BCUT2D eigenvalue weighted by Gasteiger charge is -2.29. The minimum absolute atomic E-state index is 0.185. The standard InChI is InChI=1S/C16H22N2O3/c1-2-17(10-13-6-4-3-5-7-13)16(21)18(12-15(19)20)11-14-8-9-14/h3-7,14H,2,8-12H2,1H3,(H,19,20). The van der Waals surface area contributed by atoms with Gasteiger partial charge in [-0.1, -0.05) is 30.3 Å². The van der Waals surface area contributed by atoms with Crippen LogP contribution >= 0.6 is 0 Å². The van der Waals surface area contributed by atoms with Crippen LogP contribution in [0.25, 0.3) is 0 Å². The van der Waals surface area contributed by atoms with Crippen molar-refractivity contribution < 1.29 is 14.7 Å². The number of amides is 2. The molecule has 5 nitrogen and oxygen atoms in total. The van der Waals surface area contributed by atoms with Gasteiger partial charge in [0.15, 0.2) is 0 Å². The Balaban J connectivity index is 2.02. The third-order valence-electron chi connectivity index (χ3n) is 3.64. The van der Waals surface area contributed by atoms with Crippen LogP contribution in [0.5, 0.6) is 0 Å². The second-order valence-electron chi connectivity index (χ2n) is 5.50. The van der Waals surface area contributed by atoms with E-state index >= 15 is 0 Å². The van der Waals surface area contributed by atoms with Gasteiger partial charge in [-0.2, -0.15) is 0 Å². The van der Waals surface area contributed by atoms with E-state index in [-0.39, 0.29) is 12.6 Å². The van der Waals surface area contributed by atoms with Crippen LogP contribution in [0.3, 0.4) is 0 Å². The fraction of sp³-hybridized carbons (Fsp3) is 0.500. The molecule has 0 unspecified atom stereocenters. The summed E-state index contributed by atoms with van der Waals surface area (Å²) >= 11 is 0. The molecule has 1 N–H and O–H groups in total. The summed E-state index contributed by atoms with van der Waals surface area (Å²) in [5.74, 6) is -0.483. The maximum absolute atomic E-state index is 12.6. The largest absolute Gasteiger partial charge is 0.480 e. The van der Waals surface area contributed by atoms with Gasteiger partial charge in [0.25, 0.3) is 0 Å². The summed E-state index contributed by atoms with van der Waals surface area (Å²) in [6.45, 7) is 3.32. The Morgan fingerprint density at radius 1 is 1.19 bits per heavy atom. The molecule has 2 amide bonds. The molecule has 5 heteroatoms. The van der Waals surface area contributed by atoms with Crippen LogP contribution in [0, 0.1) is 5.92 Å². The number of rotatable bonds is 7. The lowest BCUT2D eigenvalue weighted by atomic mass is 10.2. The van der Waals surface area contributed by atoms with E-state index < -0.39 is 5.97 Å². The van der Waals surface area contributed by atoms with Crippen LogP contribution in [0.15, 0.2) is 30.3 Å². The maximum atomic E-state index is 12.6. The molecule has 0 aliphatic heterocycles. The van der Waals surface area contributed by atoms with Crippen molar-refractivity contribution in [3.63, 3.8) is 0 Å². The number of carboxylic acids is 1. The van der Waals surface area contributed by atoms with E-state index in [0.717, 1.165) is 18.4 Å². The molecule has 0 aromatic heterocycles. The number of carbonyl (C=O) groups excluding carboxylic acids is 1. The lowest BCUT2D eigenvalue weighted by Crippen LogP contribution is -2.45. The van der Waals surface area contributed by atoms with Crippen molar-refractivity contribution in [2.75, 3.05) is 19.6 Å². The molecule has 0 bridgehead atoms. The summed E-state index contributed by atoms with van der Waals surface area (Å²) in [6.07, 6.45) is 2.18. The van der Waals surface area contributed by atoms with Gasteiger partial charge in [0.2, 0.25) is 0 Å². The van der Waals surface area contributed by atoms with Crippen molar-refractivity contribution in [3.8, 4) is 0 Å². The zero-order valence-electron chi connectivity index (χ0n) is 12.4. The molecule has 1 aromatic rings. The van der Waals surface area contributed by atoms with Crippen molar-refractivity contribution in [2.24, 2.45) is 5.92 Å². The van der Waals surface area contributed by atoms with E-state index in [2.05, 4.69) is 0 Å². The predicted octanol–water partition coefficient (Wildman–Crippen LogP) is 2.43. The average molecular weight is 290 g/mol. The first-order chi connectivity index (χ1) is 10.1. The lowest BCUT2D eigenvalue weighted by molar-refractivity contribution is -0.137. The normalized spacial score (nSPS) is 13.8. The van der Waals surface area contributed by atoms with Crippen LogP contribution < -0.4 is 0 Å². The van der Waals surface area contributed by atoms with Crippen LogP contribution in [0.2, 0.25) is 0 Å². The third-order valence-corrected chi connectivity index (χ3v) is 3.64. The molecule has 1 fully saturated rings. The second-order valence-corrected chi connectivity index (χ2v) is 5.50. The molecule has 2 rings (SSSR count). The van der Waals surface area contributed by atoms with Crippen LogP contribution in [0.1, 0.15) is 25.3 Å². The van der Waals surface area contributed by atoms with Gasteiger partial charge in [-0.25, -0.2) is 4.79 Å². The maximum Gasteiger partial charge on any atom is 0.323 e.